The van der Waals surface area contributed by atoms with Gasteiger partial charge in [-0.05, 0) is 58.3 Å². The van der Waals surface area contributed by atoms with E-state index in [1.54, 1.807) is 17.4 Å². The molecule has 1 N–H and O–H groups in total. The minimum Gasteiger partial charge on any atom is -0.486 e. The first kappa shape index (κ1) is 17.0. The van der Waals surface area contributed by atoms with E-state index in [-0.39, 0.29) is 11.9 Å². The lowest BCUT2D eigenvalue weighted by atomic mass is 10.0. The molecule has 1 aromatic heterocycles. The Morgan fingerprint density at radius 3 is 2.79 bits per heavy atom. The molecule has 2 heterocycles. The number of halogens is 1. The van der Waals surface area contributed by atoms with Gasteiger partial charge in [0.25, 0.3) is 0 Å². The Morgan fingerprint density at radius 1 is 1.29 bits per heavy atom. The Kier molecular flexibility index (Phi) is 5.58. The van der Waals surface area contributed by atoms with Crippen LogP contribution in [0.15, 0.2) is 40.2 Å². The molecule has 0 bridgehead atoms. The number of rotatable bonds is 5. The Morgan fingerprint density at radius 2 is 2.08 bits per heavy atom. The molecule has 2 aromatic rings. The second kappa shape index (κ2) is 7.85. The Labute approximate surface area is 153 Å². The first-order valence-electron chi connectivity index (χ1n) is 7.79. The minimum absolute atomic E-state index is 0.0620. The van der Waals surface area contributed by atoms with E-state index in [2.05, 4.69) is 21.2 Å². The van der Waals surface area contributed by atoms with Crippen molar-refractivity contribution in [1.82, 2.24) is 5.32 Å². The van der Waals surface area contributed by atoms with Gasteiger partial charge in [0.2, 0.25) is 5.91 Å². The zero-order valence-electron chi connectivity index (χ0n) is 13.3. The van der Waals surface area contributed by atoms with Gasteiger partial charge in [0.1, 0.15) is 13.2 Å². The molecule has 24 heavy (non-hydrogen) atoms. The maximum absolute atomic E-state index is 12.2. The summed E-state index contributed by atoms with van der Waals surface area (Å²) in [6, 6.07) is 9.69. The summed E-state index contributed by atoms with van der Waals surface area (Å²) in [4.78, 5) is 13.2. The third kappa shape index (κ3) is 4.19. The molecule has 1 aliphatic rings. The Hall–Kier alpha value is -1.79. The van der Waals surface area contributed by atoms with Crippen LogP contribution in [0, 0.1) is 0 Å². The standard InChI is InChI=1S/C18H18BrNO3S/c1-2-14(12-3-6-15-16(11-12)23-10-9-22-15)20-18(21)8-5-13-4-7-17(19)24-13/h3-8,11,14H,2,9-10H2,1H3,(H,20,21). The van der Waals surface area contributed by atoms with Gasteiger partial charge < -0.3 is 14.8 Å². The van der Waals surface area contributed by atoms with E-state index in [0.717, 1.165) is 32.1 Å². The van der Waals surface area contributed by atoms with Crippen molar-refractivity contribution in [2.24, 2.45) is 0 Å². The Balaban J connectivity index is 1.67. The third-order valence-electron chi connectivity index (χ3n) is 3.69. The first-order chi connectivity index (χ1) is 11.7. The van der Waals surface area contributed by atoms with Gasteiger partial charge in [-0.25, -0.2) is 0 Å². The van der Waals surface area contributed by atoms with E-state index in [0.29, 0.717) is 13.2 Å². The lowest BCUT2D eigenvalue weighted by Crippen LogP contribution is -2.26. The SMILES string of the molecule is CCC(NC(=O)C=Cc1ccc(Br)s1)c1ccc2c(c1)OCCO2. The van der Waals surface area contributed by atoms with Crippen LogP contribution in [0.3, 0.4) is 0 Å². The third-order valence-corrected chi connectivity index (χ3v) is 5.28. The van der Waals surface area contributed by atoms with Crippen molar-refractivity contribution >= 4 is 39.2 Å². The first-order valence-corrected chi connectivity index (χ1v) is 9.40. The van der Waals surface area contributed by atoms with Crippen LogP contribution >= 0.6 is 27.3 Å². The van der Waals surface area contributed by atoms with Gasteiger partial charge in [0.05, 0.1) is 9.83 Å². The molecule has 3 rings (SSSR count). The quantitative estimate of drug-likeness (QED) is 0.738. The van der Waals surface area contributed by atoms with Gasteiger partial charge in [-0.15, -0.1) is 11.3 Å². The van der Waals surface area contributed by atoms with E-state index < -0.39 is 0 Å². The smallest absolute Gasteiger partial charge is 0.244 e. The number of thiophene rings is 1. The molecule has 0 spiro atoms. The highest BCUT2D eigenvalue weighted by Gasteiger charge is 2.16. The number of ether oxygens (including phenoxy) is 2. The van der Waals surface area contributed by atoms with Crippen LogP contribution in [0.5, 0.6) is 11.5 Å². The van der Waals surface area contributed by atoms with Crippen molar-refractivity contribution in [2.45, 2.75) is 19.4 Å². The number of fused-ring (bicyclic) bond motifs is 1. The van der Waals surface area contributed by atoms with E-state index in [1.807, 2.05) is 43.3 Å². The summed E-state index contributed by atoms with van der Waals surface area (Å²) in [6.45, 7) is 3.17. The molecule has 0 radical (unpaired) electrons. The predicted octanol–water partition coefficient (Wildman–Crippen LogP) is 4.56. The molecule has 1 atom stereocenters. The van der Waals surface area contributed by atoms with Crippen LogP contribution in [0.1, 0.15) is 29.8 Å². The minimum atomic E-state index is -0.110. The number of nitrogens with one attached hydrogen (secondary N) is 1. The summed E-state index contributed by atoms with van der Waals surface area (Å²) < 4.78 is 12.2. The van der Waals surface area contributed by atoms with E-state index in [9.17, 15) is 4.79 Å². The topological polar surface area (TPSA) is 47.6 Å². The fourth-order valence-corrected chi connectivity index (χ4v) is 3.82. The summed E-state index contributed by atoms with van der Waals surface area (Å²) >= 11 is 5.00. The largest absolute Gasteiger partial charge is 0.486 e. The molecule has 1 aromatic carbocycles. The Bertz CT molecular complexity index is 756. The summed E-state index contributed by atoms with van der Waals surface area (Å²) in [7, 11) is 0. The summed E-state index contributed by atoms with van der Waals surface area (Å²) in [5.41, 5.74) is 1.02. The summed E-state index contributed by atoms with van der Waals surface area (Å²) in [5, 5.41) is 3.04. The number of carbonyl (C=O) groups is 1. The highest BCUT2D eigenvalue weighted by atomic mass is 79.9. The van der Waals surface area contributed by atoms with Gasteiger partial charge in [-0.3, -0.25) is 4.79 Å². The average Bonchev–Trinajstić information content (AvgIpc) is 3.03. The van der Waals surface area contributed by atoms with Crippen molar-refractivity contribution in [2.75, 3.05) is 13.2 Å². The molecule has 1 aliphatic heterocycles. The fraction of sp³-hybridized carbons (Fsp3) is 0.278. The number of hydrogen-bond acceptors (Lipinski definition) is 4. The van der Waals surface area contributed by atoms with Gasteiger partial charge in [-0.2, -0.15) is 0 Å². The van der Waals surface area contributed by atoms with Crippen LogP contribution in [-0.2, 0) is 4.79 Å². The number of carbonyl (C=O) groups excluding carboxylic acids is 1. The monoisotopic (exact) mass is 407 g/mol. The molecule has 1 amide bonds. The van der Waals surface area contributed by atoms with Crippen molar-refractivity contribution in [3.05, 3.63) is 50.6 Å². The molecule has 126 valence electrons. The molecule has 0 fully saturated rings. The van der Waals surface area contributed by atoms with Crippen LogP contribution in [0.25, 0.3) is 6.08 Å². The van der Waals surface area contributed by atoms with Gasteiger partial charge in [-0.1, -0.05) is 13.0 Å². The van der Waals surface area contributed by atoms with Crippen LogP contribution < -0.4 is 14.8 Å². The fourth-order valence-electron chi connectivity index (χ4n) is 2.49. The molecular formula is C18H18BrNO3S. The van der Waals surface area contributed by atoms with E-state index in [4.69, 9.17) is 9.47 Å². The summed E-state index contributed by atoms with van der Waals surface area (Å²) in [6.07, 6.45) is 4.18. The molecule has 0 saturated carbocycles. The lowest BCUT2D eigenvalue weighted by Gasteiger charge is -2.22. The van der Waals surface area contributed by atoms with Gasteiger partial charge in [0.15, 0.2) is 11.5 Å². The van der Waals surface area contributed by atoms with E-state index in [1.165, 1.54) is 0 Å². The maximum Gasteiger partial charge on any atom is 0.244 e. The highest BCUT2D eigenvalue weighted by Crippen LogP contribution is 2.33. The van der Waals surface area contributed by atoms with Crippen molar-refractivity contribution in [1.29, 1.82) is 0 Å². The lowest BCUT2D eigenvalue weighted by molar-refractivity contribution is -0.117. The van der Waals surface area contributed by atoms with Gasteiger partial charge >= 0.3 is 0 Å². The van der Waals surface area contributed by atoms with Crippen molar-refractivity contribution in [3.8, 4) is 11.5 Å². The summed E-state index contributed by atoms with van der Waals surface area (Å²) in [5.74, 6) is 1.39. The average molecular weight is 408 g/mol. The molecular weight excluding hydrogens is 390 g/mol. The number of benzene rings is 1. The van der Waals surface area contributed by atoms with Crippen molar-refractivity contribution in [3.63, 3.8) is 0 Å². The van der Waals surface area contributed by atoms with Gasteiger partial charge in [0, 0.05) is 11.0 Å². The normalized spacial score (nSPS) is 14.6. The number of hydrogen-bond donors (Lipinski definition) is 1. The van der Waals surface area contributed by atoms with E-state index >= 15 is 0 Å². The highest BCUT2D eigenvalue weighted by molar-refractivity contribution is 9.11. The second-order valence-electron chi connectivity index (χ2n) is 5.35. The van der Waals surface area contributed by atoms with Crippen molar-refractivity contribution < 1.29 is 14.3 Å². The van der Waals surface area contributed by atoms with Crippen LogP contribution in [0.2, 0.25) is 0 Å². The number of amides is 1. The van der Waals surface area contributed by atoms with Crippen LogP contribution in [-0.4, -0.2) is 19.1 Å². The molecule has 0 aliphatic carbocycles. The molecule has 6 heteroatoms. The molecule has 1 unspecified atom stereocenters. The van der Waals surface area contributed by atoms with Crippen LogP contribution in [0.4, 0.5) is 0 Å². The predicted molar refractivity (Wildman–Crippen MR) is 99.7 cm³/mol. The molecule has 0 saturated heterocycles. The molecule has 4 nitrogen and oxygen atoms in total. The second-order valence-corrected chi connectivity index (χ2v) is 7.84. The zero-order chi connectivity index (χ0) is 16.9. The maximum atomic E-state index is 12.2. The zero-order valence-corrected chi connectivity index (χ0v) is 15.7.